The molecule has 0 saturated carbocycles. The van der Waals surface area contributed by atoms with Gasteiger partial charge >= 0.3 is 11.9 Å². The monoisotopic (exact) mass is 423 g/mol. The normalized spacial score (nSPS) is 14.8. The highest BCUT2D eigenvalue weighted by Crippen LogP contribution is 2.32. The number of aromatic carboxylic acids is 1. The average Bonchev–Trinajstić information content (AvgIpc) is 3.36. The van der Waals surface area contributed by atoms with Crippen LogP contribution in [0.3, 0.4) is 0 Å². The minimum atomic E-state index is -1.35. The van der Waals surface area contributed by atoms with Gasteiger partial charge in [0.25, 0.3) is 11.8 Å². The number of methoxy groups -OCH3 is 1. The average molecular weight is 423 g/mol. The van der Waals surface area contributed by atoms with E-state index in [1.807, 2.05) is 0 Å². The van der Waals surface area contributed by atoms with Crippen molar-refractivity contribution in [1.82, 2.24) is 19.9 Å². The number of benzene rings is 1. The van der Waals surface area contributed by atoms with Crippen LogP contribution in [-0.4, -0.2) is 50.6 Å². The molecule has 2 heterocycles. The van der Waals surface area contributed by atoms with Crippen molar-refractivity contribution in [2.24, 2.45) is 5.73 Å². The first-order valence-corrected chi connectivity index (χ1v) is 9.24. The number of aryl methyl sites for hydroxylation is 1. The standard InChI is InChI=1S/C20H17N5O6/c1-31-20(30)10-2-4-11-9(6-10)3-5-13(11)24-18(27)14-7-15(19(28)29)25-17(23-14)12(8-22-25)16(21)26/h2,4,6-8,13H,3,5H2,1H3,(H2,21,26)(H,24,27)(H,28,29)/t13-/m0/s1. The van der Waals surface area contributed by atoms with Crippen LogP contribution < -0.4 is 11.1 Å². The Morgan fingerprint density at radius 2 is 2.03 bits per heavy atom. The zero-order valence-electron chi connectivity index (χ0n) is 16.3. The van der Waals surface area contributed by atoms with E-state index in [1.165, 1.54) is 7.11 Å². The fourth-order valence-corrected chi connectivity index (χ4v) is 3.65. The third-order valence-electron chi connectivity index (χ3n) is 5.14. The zero-order valence-corrected chi connectivity index (χ0v) is 16.3. The maximum atomic E-state index is 12.9. The molecular weight excluding hydrogens is 406 g/mol. The van der Waals surface area contributed by atoms with Crippen LogP contribution in [0, 0.1) is 0 Å². The van der Waals surface area contributed by atoms with E-state index in [9.17, 15) is 24.3 Å². The fraction of sp³-hybridized carbons (Fsp3) is 0.200. The van der Waals surface area contributed by atoms with Gasteiger partial charge in [-0.05, 0) is 36.1 Å². The molecule has 2 amide bonds. The van der Waals surface area contributed by atoms with Crippen molar-refractivity contribution in [2.75, 3.05) is 7.11 Å². The predicted octanol–water partition coefficient (Wildman–Crippen LogP) is 0.730. The summed E-state index contributed by atoms with van der Waals surface area (Å²) in [5.41, 5.74) is 6.74. The number of aromatic nitrogens is 3. The quantitative estimate of drug-likeness (QED) is 0.505. The van der Waals surface area contributed by atoms with Crippen LogP contribution in [0.2, 0.25) is 0 Å². The lowest BCUT2D eigenvalue weighted by molar-refractivity contribution is 0.0599. The van der Waals surface area contributed by atoms with E-state index in [0.717, 1.165) is 27.9 Å². The van der Waals surface area contributed by atoms with Gasteiger partial charge in [0.1, 0.15) is 11.3 Å². The number of rotatable bonds is 5. The number of fused-ring (bicyclic) bond motifs is 2. The number of hydrogen-bond acceptors (Lipinski definition) is 7. The molecule has 1 aromatic carbocycles. The zero-order chi connectivity index (χ0) is 22.3. The summed E-state index contributed by atoms with van der Waals surface area (Å²) in [6, 6.07) is 5.83. The van der Waals surface area contributed by atoms with Crippen molar-refractivity contribution in [3.05, 3.63) is 64.1 Å². The van der Waals surface area contributed by atoms with Gasteiger partial charge in [-0.2, -0.15) is 5.10 Å². The lowest BCUT2D eigenvalue weighted by atomic mass is 10.0. The highest BCUT2D eigenvalue weighted by atomic mass is 16.5. The number of nitrogens with zero attached hydrogens (tertiary/aromatic N) is 3. The number of carbonyl (C=O) groups is 4. The predicted molar refractivity (Wildman–Crippen MR) is 105 cm³/mol. The van der Waals surface area contributed by atoms with Crippen LogP contribution in [0.15, 0.2) is 30.5 Å². The van der Waals surface area contributed by atoms with E-state index in [1.54, 1.807) is 18.2 Å². The van der Waals surface area contributed by atoms with Crippen molar-refractivity contribution in [2.45, 2.75) is 18.9 Å². The van der Waals surface area contributed by atoms with Crippen LogP contribution in [0.4, 0.5) is 0 Å². The molecular formula is C20H17N5O6. The van der Waals surface area contributed by atoms with Gasteiger partial charge in [-0.25, -0.2) is 19.1 Å². The van der Waals surface area contributed by atoms with Crippen molar-refractivity contribution < 1.29 is 29.0 Å². The SMILES string of the molecule is COC(=O)c1ccc2c(c1)CC[C@@H]2NC(=O)c1cc(C(=O)O)n2ncc(C(N)=O)c2n1. The summed E-state index contributed by atoms with van der Waals surface area (Å²) >= 11 is 0. The molecule has 2 aromatic heterocycles. The molecule has 1 atom stereocenters. The summed E-state index contributed by atoms with van der Waals surface area (Å²) in [6.07, 6.45) is 2.34. The van der Waals surface area contributed by atoms with Gasteiger partial charge in [-0.1, -0.05) is 6.07 Å². The summed E-state index contributed by atoms with van der Waals surface area (Å²) in [7, 11) is 1.30. The maximum absolute atomic E-state index is 12.9. The molecule has 0 aliphatic heterocycles. The molecule has 4 N–H and O–H groups in total. The molecule has 0 saturated heterocycles. The smallest absolute Gasteiger partial charge is 0.354 e. The maximum Gasteiger partial charge on any atom is 0.354 e. The van der Waals surface area contributed by atoms with Gasteiger partial charge in [0.15, 0.2) is 11.3 Å². The molecule has 11 nitrogen and oxygen atoms in total. The highest BCUT2D eigenvalue weighted by Gasteiger charge is 2.27. The van der Waals surface area contributed by atoms with E-state index in [2.05, 4.69) is 15.4 Å². The number of ether oxygens (including phenoxy) is 1. The number of nitrogens with one attached hydrogen (secondary N) is 1. The summed E-state index contributed by atoms with van der Waals surface area (Å²) in [6.45, 7) is 0. The van der Waals surface area contributed by atoms with Crippen LogP contribution in [-0.2, 0) is 11.2 Å². The van der Waals surface area contributed by atoms with Crippen LogP contribution >= 0.6 is 0 Å². The minimum Gasteiger partial charge on any atom is -0.477 e. The van der Waals surface area contributed by atoms with Crippen molar-refractivity contribution in [3.63, 3.8) is 0 Å². The van der Waals surface area contributed by atoms with Crippen molar-refractivity contribution in [1.29, 1.82) is 0 Å². The molecule has 11 heteroatoms. The molecule has 158 valence electrons. The van der Waals surface area contributed by atoms with Gasteiger partial charge in [0, 0.05) is 6.07 Å². The molecule has 4 rings (SSSR count). The van der Waals surface area contributed by atoms with Crippen LogP contribution in [0.1, 0.15) is 65.3 Å². The second kappa shape index (κ2) is 7.52. The second-order valence-corrected chi connectivity index (χ2v) is 6.96. The van der Waals surface area contributed by atoms with Crippen LogP contribution in [0.5, 0.6) is 0 Å². The Morgan fingerprint density at radius 3 is 2.71 bits per heavy atom. The van der Waals surface area contributed by atoms with E-state index in [-0.39, 0.29) is 28.6 Å². The number of esters is 1. The molecule has 3 aromatic rings. The fourth-order valence-electron chi connectivity index (χ4n) is 3.65. The molecule has 0 radical (unpaired) electrons. The van der Waals surface area contributed by atoms with Gasteiger partial charge in [-0.3, -0.25) is 9.59 Å². The lowest BCUT2D eigenvalue weighted by Crippen LogP contribution is -2.29. The number of primary amides is 1. The first kappa shape index (κ1) is 20.0. The molecule has 0 unspecified atom stereocenters. The number of carboxylic acid groups (broad SMARTS) is 1. The Morgan fingerprint density at radius 1 is 1.26 bits per heavy atom. The summed E-state index contributed by atoms with van der Waals surface area (Å²) in [5.74, 6) is -3.25. The van der Waals surface area contributed by atoms with E-state index in [4.69, 9.17) is 10.5 Å². The van der Waals surface area contributed by atoms with E-state index < -0.39 is 23.8 Å². The Balaban J connectivity index is 1.66. The Bertz CT molecular complexity index is 1260. The number of amides is 2. The molecule has 31 heavy (non-hydrogen) atoms. The Kier molecular flexibility index (Phi) is 4.85. The lowest BCUT2D eigenvalue weighted by Gasteiger charge is -2.14. The van der Waals surface area contributed by atoms with Gasteiger partial charge in [-0.15, -0.1) is 0 Å². The Labute approximate surface area is 174 Å². The summed E-state index contributed by atoms with van der Waals surface area (Å²) in [4.78, 5) is 51.9. The number of nitrogens with two attached hydrogens (primary N) is 1. The first-order chi connectivity index (χ1) is 14.8. The van der Waals surface area contributed by atoms with Gasteiger partial charge in [0.2, 0.25) is 0 Å². The largest absolute Gasteiger partial charge is 0.477 e. The van der Waals surface area contributed by atoms with Crippen molar-refractivity contribution in [3.8, 4) is 0 Å². The molecule has 1 aliphatic rings. The van der Waals surface area contributed by atoms with Crippen LogP contribution in [0.25, 0.3) is 5.65 Å². The number of hydrogen-bond donors (Lipinski definition) is 3. The molecule has 0 bridgehead atoms. The van der Waals surface area contributed by atoms with Gasteiger partial charge in [0.05, 0.1) is 24.9 Å². The Hall–Kier alpha value is -4.28. The summed E-state index contributed by atoms with van der Waals surface area (Å²) < 4.78 is 5.67. The number of carboxylic acids is 1. The third kappa shape index (κ3) is 3.45. The van der Waals surface area contributed by atoms with E-state index >= 15 is 0 Å². The summed E-state index contributed by atoms with van der Waals surface area (Å²) in [5, 5.41) is 16.1. The molecule has 0 fully saturated rings. The minimum absolute atomic E-state index is 0.0984. The van der Waals surface area contributed by atoms with Gasteiger partial charge < -0.3 is 20.9 Å². The topological polar surface area (TPSA) is 166 Å². The molecule has 1 aliphatic carbocycles. The first-order valence-electron chi connectivity index (χ1n) is 9.24. The molecule has 0 spiro atoms. The van der Waals surface area contributed by atoms with Crippen molar-refractivity contribution >= 4 is 29.4 Å². The second-order valence-electron chi connectivity index (χ2n) is 6.96. The third-order valence-corrected chi connectivity index (χ3v) is 5.14. The number of carbonyl (C=O) groups excluding carboxylic acids is 3. The van der Waals surface area contributed by atoms with E-state index in [0.29, 0.717) is 18.4 Å². The highest BCUT2D eigenvalue weighted by molar-refractivity contribution is 6.01.